The summed E-state index contributed by atoms with van der Waals surface area (Å²) in [4.78, 5) is 15.6. The highest BCUT2D eigenvalue weighted by molar-refractivity contribution is 5.96. The van der Waals surface area contributed by atoms with E-state index in [-0.39, 0.29) is 24.0 Å². The Balaban J connectivity index is 2.19. The molecule has 1 aromatic carbocycles. The van der Waals surface area contributed by atoms with Crippen molar-refractivity contribution >= 4 is 5.78 Å². The SMILES string of the molecule is CC(=O)c1cc(F)ccc1OCc1cncn1C(C)C. The monoisotopic (exact) mass is 276 g/mol. The van der Waals surface area contributed by atoms with E-state index in [4.69, 9.17) is 4.74 Å². The van der Waals surface area contributed by atoms with Crippen molar-refractivity contribution in [3.8, 4) is 5.75 Å². The van der Waals surface area contributed by atoms with Gasteiger partial charge in [0.05, 0.1) is 23.8 Å². The van der Waals surface area contributed by atoms with Crippen LogP contribution in [-0.2, 0) is 6.61 Å². The number of nitrogens with zero attached hydrogens (tertiary/aromatic N) is 2. The molecule has 106 valence electrons. The molecular formula is C15H17FN2O2. The molecule has 0 saturated carbocycles. The summed E-state index contributed by atoms with van der Waals surface area (Å²) in [5.74, 6) is -0.290. The molecule has 0 amide bonds. The van der Waals surface area contributed by atoms with Crippen molar-refractivity contribution in [1.82, 2.24) is 9.55 Å². The second kappa shape index (κ2) is 5.86. The van der Waals surface area contributed by atoms with Gasteiger partial charge in [0.2, 0.25) is 0 Å². The van der Waals surface area contributed by atoms with Crippen LogP contribution in [0.5, 0.6) is 5.75 Å². The molecule has 1 heterocycles. The third kappa shape index (κ3) is 3.04. The Morgan fingerprint density at radius 1 is 1.45 bits per heavy atom. The van der Waals surface area contributed by atoms with E-state index in [0.717, 1.165) is 5.69 Å². The molecule has 0 bridgehead atoms. The standard InChI is InChI=1S/C15H17FN2O2/c1-10(2)18-9-17-7-13(18)8-20-15-5-4-12(16)6-14(15)11(3)19/h4-7,9-10H,8H2,1-3H3. The Labute approximate surface area is 117 Å². The van der Waals surface area contributed by atoms with Crippen LogP contribution in [-0.4, -0.2) is 15.3 Å². The third-order valence-corrected chi connectivity index (χ3v) is 3.00. The van der Waals surface area contributed by atoms with E-state index in [1.165, 1.54) is 25.1 Å². The van der Waals surface area contributed by atoms with Gasteiger partial charge in [-0.1, -0.05) is 0 Å². The Morgan fingerprint density at radius 3 is 2.85 bits per heavy atom. The minimum absolute atomic E-state index is 0.225. The number of Topliss-reactive ketones (excluding diaryl/α,β-unsaturated/α-hetero) is 1. The fourth-order valence-electron chi connectivity index (χ4n) is 1.96. The molecular weight excluding hydrogens is 259 g/mol. The molecule has 5 heteroatoms. The zero-order chi connectivity index (χ0) is 14.7. The van der Waals surface area contributed by atoms with E-state index in [1.807, 2.05) is 18.4 Å². The number of carbonyl (C=O) groups excluding carboxylic acids is 1. The summed E-state index contributed by atoms with van der Waals surface area (Å²) in [6.45, 7) is 5.76. The fraction of sp³-hybridized carbons (Fsp3) is 0.333. The van der Waals surface area contributed by atoms with Gasteiger partial charge in [0.25, 0.3) is 0 Å². The summed E-state index contributed by atoms with van der Waals surface area (Å²) in [6.07, 6.45) is 3.46. The molecule has 0 atom stereocenters. The molecule has 0 N–H and O–H groups in total. The lowest BCUT2D eigenvalue weighted by molar-refractivity contribution is 0.101. The van der Waals surface area contributed by atoms with Crippen LogP contribution in [0.25, 0.3) is 0 Å². The van der Waals surface area contributed by atoms with Crippen LogP contribution in [0.3, 0.4) is 0 Å². The lowest BCUT2D eigenvalue weighted by Crippen LogP contribution is -2.08. The predicted molar refractivity (Wildman–Crippen MR) is 73.3 cm³/mol. The lowest BCUT2D eigenvalue weighted by atomic mass is 10.1. The van der Waals surface area contributed by atoms with Crippen molar-refractivity contribution in [3.63, 3.8) is 0 Å². The number of ketones is 1. The van der Waals surface area contributed by atoms with Crippen LogP contribution in [0.4, 0.5) is 4.39 Å². The highest BCUT2D eigenvalue weighted by atomic mass is 19.1. The third-order valence-electron chi connectivity index (χ3n) is 3.00. The van der Waals surface area contributed by atoms with Crippen molar-refractivity contribution in [1.29, 1.82) is 0 Å². The maximum Gasteiger partial charge on any atom is 0.163 e. The fourth-order valence-corrected chi connectivity index (χ4v) is 1.96. The number of benzene rings is 1. The minimum atomic E-state index is -0.449. The Morgan fingerprint density at radius 2 is 2.20 bits per heavy atom. The van der Waals surface area contributed by atoms with Crippen LogP contribution in [0, 0.1) is 5.82 Å². The second-order valence-corrected chi connectivity index (χ2v) is 4.87. The first-order chi connectivity index (χ1) is 9.49. The zero-order valence-corrected chi connectivity index (χ0v) is 11.8. The van der Waals surface area contributed by atoms with Crippen LogP contribution in [0.2, 0.25) is 0 Å². The quantitative estimate of drug-likeness (QED) is 0.786. The molecule has 1 aromatic heterocycles. The highest BCUT2D eigenvalue weighted by Crippen LogP contribution is 2.22. The largest absolute Gasteiger partial charge is 0.487 e. The molecule has 0 unspecified atom stereocenters. The van der Waals surface area contributed by atoms with Gasteiger partial charge in [-0.15, -0.1) is 0 Å². The minimum Gasteiger partial charge on any atom is -0.487 e. The van der Waals surface area contributed by atoms with Gasteiger partial charge < -0.3 is 9.30 Å². The van der Waals surface area contributed by atoms with E-state index >= 15 is 0 Å². The molecule has 0 aliphatic rings. The zero-order valence-electron chi connectivity index (χ0n) is 11.8. The van der Waals surface area contributed by atoms with Crippen molar-refractivity contribution in [2.45, 2.75) is 33.4 Å². The molecule has 0 fully saturated rings. The Bertz CT molecular complexity index is 620. The number of ether oxygens (including phenoxy) is 1. The van der Waals surface area contributed by atoms with Gasteiger partial charge in [0, 0.05) is 6.04 Å². The normalized spacial score (nSPS) is 10.8. The summed E-state index contributed by atoms with van der Waals surface area (Å²) in [6, 6.07) is 4.22. The topological polar surface area (TPSA) is 44.1 Å². The first-order valence-corrected chi connectivity index (χ1v) is 6.43. The number of aromatic nitrogens is 2. The number of hydrogen-bond acceptors (Lipinski definition) is 3. The van der Waals surface area contributed by atoms with Crippen molar-refractivity contribution in [2.75, 3.05) is 0 Å². The summed E-state index contributed by atoms with van der Waals surface area (Å²) in [5.41, 5.74) is 1.15. The maximum absolute atomic E-state index is 13.2. The van der Waals surface area contributed by atoms with Gasteiger partial charge in [-0.25, -0.2) is 9.37 Å². The predicted octanol–water partition coefficient (Wildman–Crippen LogP) is 3.38. The van der Waals surface area contributed by atoms with Crippen molar-refractivity contribution in [2.24, 2.45) is 0 Å². The maximum atomic E-state index is 13.2. The smallest absolute Gasteiger partial charge is 0.163 e. The lowest BCUT2D eigenvalue weighted by Gasteiger charge is -2.14. The average molecular weight is 276 g/mol. The van der Waals surface area contributed by atoms with Gasteiger partial charge in [0.1, 0.15) is 18.2 Å². The number of carbonyl (C=O) groups is 1. The molecule has 0 aliphatic heterocycles. The van der Waals surface area contributed by atoms with E-state index in [0.29, 0.717) is 5.75 Å². The van der Waals surface area contributed by atoms with Crippen molar-refractivity contribution in [3.05, 3.63) is 47.8 Å². The average Bonchev–Trinajstić information content (AvgIpc) is 2.85. The first-order valence-electron chi connectivity index (χ1n) is 6.43. The summed E-state index contributed by atoms with van der Waals surface area (Å²) in [5, 5.41) is 0. The number of hydrogen-bond donors (Lipinski definition) is 0. The molecule has 20 heavy (non-hydrogen) atoms. The molecule has 0 radical (unpaired) electrons. The van der Waals surface area contributed by atoms with Gasteiger partial charge in [-0.2, -0.15) is 0 Å². The van der Waals surface area contributed by atoms with Crippen molar-refractivity contribution < 1.29 is 13.9 Å². The van der Waals surface area contributed by atoms with Gasteiger partial charge in [-0.3, -0.25) is 4.79 Å². The van der Waals surface area contributed by atoms with E-state index < -0.39 is 5.82 Å². The number of rotatable bonds is 5. The molecule has 0 aliphatic carbocycles. The van der Waals surface area contributed by atoms with E-state index in [1.54, 1.807) is 12.5 Å². The van der Waals surface area contributed by atoms with E-state index in [9.17, 15) is 9.18 Å². The van der Waals surface area contributed by atoms with E-state index in [2.05, 4.69) is 4.98 Å². The molecule has 4 nitrogen and oxygen atoms in total. The summed E-state index contributed by atoms with van der Waals surface area (Å²) >= 11 is 0. The summed E-state index contributed by atoms with van der Waals surface area (Å²) < 4.78 is 20.8. The van der Waals surface area contributed by atoms with Gasteiger partial charge >= 0.3 is 0 Å². The molecule has 0 spiro atoms. The Hall–Kier alpha value is -2.17. The van der Waals surface area contributed by atoms with Crippen LogP contribution >= 0.6 is 0 Å². The van der Waals surface area contributed by atoms with Crippen LogP contribution < -0.4 is 4.74 Å². The summed E-state index contributed by atoms with van der Waals surface area (Å²) in [7, 11) is 0. The van der Waals surface area contributed by atoms with Gasteiger partial charge in [-0.05, 0) is 39.0 Å². The first kappa shape index (κ1) is 14.2. The molecule has 2 rings (SSSR count). The molecule has 2 aromatic rings. The number of halogens is 1. The second-order valence-electron chi connectivity index (χ2n) is 4.87. The highest BCUT2D eigenvalue weighted by Gasteiger charge is 2.12. The van der Waals surface area contributed by atoms with Gasteiger partial charge in [0.15, 0.2) is 5.78 Å². The van der Waals surface area contributed by atoms with Crippen LogP contribution in [0.15, 0.2) is 30.7 Å². The van der Waals surface area contributed by atoms with Crippen LogP contribution in [0.1, 0.15) is 42.9 Å². The Kier molecular flexibility index (Phi) is 4.17. The molecule has 0 saturated heterocycles. The number of imidazole rings is 1.